The molecule has 0 aliphatic heterocycles. The minimum atomic E-state index is -0.200. The number of hydrogen-bond donors (Lipinski definition) is 2. The first kappa shape index (κ1) is 15.4. The molecule has 2 aromatic heterocycles. The van der Waals surface area contributed by atoms with Gasteiger partial charge in [-0.1, -0.05) is 13.8 Å². The van der Waals surface area contributed by atoms with Crippen LogP contribution in [0.3, 0.4) is 0 Å². The Labute approximate surface area is 128 Å². The molecule has 2 rings (SSSR count). The molecule has 0 atom stereocenters. The fourth-order valence-electron chi connectivity index (χ4n) is 1.78. The van der Waals surface area contributed by atoms with E-state index in [-0.39, 0.29) is 5.91 Å². The highest BCUT2D eigenvalue weighted by molar-refractivity contribution is 7.11. The quantitative estimate of drug-likeness (QED) is 0.825. The van der Waals surface area contributed by atoms with Crippen molar-refractivity contribution in [3.8, 4) is 0 Å². The van der Waals surface area contributed by atoms with Crippen molar-refractivity contribution in [2.24, 2.45) is 0 Å². The molecule has 6 heteroatoms. The van der Waals surface area contributed by atoms with E-state index in [0.29, 0.717) is 18.1 Å². The topological polar surface area (TPSA) is 66.9 Å². The minimum Gasteiger partial charge on any atom is -0.369 e. The van der Waals surface area contributed by atoms with Crippen LogP contribution >= 0.6 is 11.3 Å². The first-order chi connectivity index (χ1) is 10.2. The average Bonchev–Trinajstić information content (AvgIpc) is 2.99. The summed E-state index contributed by atoms with van der Waals surface area (Å²) in [4.78, 5) is 22.9. The highest BCUT2D eigenvalue weighted by atomic mass is 32.1. The Morgan fingerprint density at radius 1 is 1.24 bits per heavy atom. The van der Waals surface area contributed by atoms with E-state index < -0.39 is 0 Å². The molecular formula is C15H20N4OS. The molecule has 2 N–H and O–H groups in total. The van der Waals surface area contributed by atoms with Crippen molar-refractivity contribution < 1.29 is 4.79 Å². The summed E-state index contributed by atoms with van der Waals surface area (Å²) in [7, 11) is 0. The van der Waals surface area contributed by atoms with Crippen molar-refractivity contribution in [1.82, 2.24) is 15.3 Å². The van der Waals surface area contributed by atoms with Crippen molar-refractivity contribution in [1.29, 1.82) is 0 Å². The lowest BCUT2D eigenvalue weighted by Gasteiger charge is -2.06. The number of rotatable bonds is 7. The number of nitrogens with one attached hydrogen (secondary N) is 2. The van der Waals surface area contributed by atoms with Crippen molar-refractivity contribution >= 4 is 23.1 Å². The second kappa shape index (κ2) is 7.73. The lowest BCUT2D eigenvalue weighted by Crippen LogP contribution is -2.24. The van der Waals surface area contributed by atoms with Crippen molar-refractivity contribution in [3.63, 3.8) is 0 Å². The molecule has 21 heavy (non-hydrogen) atoms. The molecule has 0 fully saturated rings. The van der Waals surface area contributed by atoms with Crippen LogP contribution in [0.4, 0.5) is 5.82 Å². The third-order valence-electron chi connectivity index (χ3n) is 2.91. The van der Waals surface area contributed by atoms with Gasteiger partial charge < -0.3 is 10.6 Å². The molecule has 0 saturated carbocycles. The predicted octanol–water partition coefficient (Wildman–Crippen LogP) is 2.85. The first-order valence-electron chi connectivity index (χ1n) is 7.14. The summed E-state index contributed by atoms with van der Waals surface area (Å²) >= 11 is 1.72. The number of aryl methyl sites for hydroxylation is 1. The van der Waals surface area contributed by atoms with Crippen molar-refractivity contribution in [3.05, 3.63) is 40.0 Å². The molecule has 0 aliphatic rings. The molecule has 0 radical (unpaired) electrons. The van der Waals surface area contributed by atoms with Gasteiger partial charge in [0.15, 0.2) is 0 Å². The fourth-order valence-corrected chi connectivity index (χ4v) is 2.68. The third-order valence-corrected chi connectivity index (χ3v) is 4.14. The van der Waals surface area contributed by atoms with E-state index in [2.05, 4.69) is 46.6 Å². The predicted molar refractivity (Wildman–Crippen MR) is 85.7 cm³/mol. The Kier molecular flexibility index (Phi) is 5.68. The molecule has 5 nitrogen and oxygen atoms in total. The summed E-state index contributed by atoms with van der Waals surface area (Å²) in [5.74, 6) is 0.433. The highest BCUT2D eigenvalue weighted by Gasteiger charge is 2.09. The van der Waals surface area contributed by atoms with E-state index >= 15 is 0 Å². The number of amides is 1. The molecule has 2 heterocycles. The van der Waals surface area contributed by atoms with Crippen LogP contribution in [-0.2, 0) is 13.0 Å². The molecule has 112 valence electrons. The number of hydrogen-bond acceptors (Lipinski definition) is 5. The lowest BCUT2D eigenvalue weighted by molar-refractivity contribution is 0.0946. The van der Waals surface area contributed by atoms with Crippen LogP contribution in [0.1, 0.15) is 40.5 Å². The summed E-state index contributed by atoms with van der Waals surface area (Å²) in [6.45, 7) is 5.54. The molecular weight excluding hydrogens is 284 g/mol. The molecule has 2 aromatic rings. The Bertz CT molecular complexity index is 597. The van der Waals surface area contributed by atoms with Gasteiger partial charge in [-0.05, 0) is 25.0 Å². The molecule has 0 unspecified atom stereocenters. The monoisotopic (exact) mass is 304 g/mol. The summed E-state index contributed by atoms with van der Waals surface area (Å²) in [5, 5.41) is 6.00. The molecule has 0 saturated heterocycles. The Hall–Kier alpha value is -1.95. The van der Waals surface area contributed by atoms with Gasteiger partial charge in [-0.15, -0.1) is 11.3 Å². The van der Waals surface area contributed by atoms with Crippen LogP contribution in [0, 0.1) is 0 Å². The van der Waals surface area contributed by atoms with E-state index in [1.165, 1.54) is 11.1 Å². The number of nitrogens with zero attached hydrogens (tertiary/aromatic N) is 2. The van der Waals surface area contributed by atoms with Crippen molar-refractivity contribution in [2.45, 2.75) is 33.2 Å². The smallest absolute Gasteiger partial charge is 0.271 e. The maximum absolute atomic E-state index is 12.1. The summed E-state index contributed by atoms with van der Waals surface area (Å²) in [5.41, 5.74) is 0.336. The van der Waals surface area contributed by atoms with E-state index in [0.717, 1.165) is 24.3 Å². The second-order valence-electron chi connectivity index (χ2n) is 4.62. The van der Waals surface area contributed by atoms with E-state index in [4.69, 9.17) is 0 Å². The average molecular weight is 304 g/mol. The van der Waals surface area contributed by atoms with E-state index in [1.54, 1.807) is 17.5 Å². The van der Waals surface area contributed by atoms with Crippen LogP contribution in [0.5, 0.6) is 0 Å². The summed E-state index contributed by atoms with van der Waals surface area (Å²) in [6.07, 6.45) is 5.13. The Morgan fingerprint density at radius 3 is 2.76 bits per heavy atom. The number of anilines is 1. The highest BCUT2D eigenvalue weighted by Crippen LogP contribution is 2.16. The van der Waals surface area contributed by atoms with Crippen LogP contribution in [0.15, 0.2) is 24.5 Å². The first-order valence-corrected chi connectivity index (χ1v) is 7.96. The third kappa shape index (κ3) is 4.53. The van der Waals surface area contributed by atoms with Gasteiger partial charge in [0.1, 0.15) is 11.5 Å². The van der Waals surface area contributed by atoms with Gasteiger partial charge in [0.05, 0.1) is 18.9 Å². The number of aromatic nitrogens is 2. The Morgan fingerprint density at radius 2 is 2.05 bits per heavy atom. The van der Waals surface area contributed by atoms with Crippen molar-refractivity contribution in [2.75, 3.05) is 11.9 Å². The van der Waals surface area contributed by atoms with Crippen LogP contribution in [-0.4, -0.2) is 22.4 Å². The van der Waals surface area contributed by atoms with Crippen LogP contribution in [0.25, 0.3) is 0 Å². The molecule has 1 amide bonds. The minimum absolute atomic E-state index is 0.200. The zero-order valence-electron chi connectivity index (χ0n) is 12.3. The summed E-state index contributed by atoms with van der Waals surface area (Å²) in [6, 6.07) is 4.15. The van der Waals surface area contributed by atoms with Gasteiger partial charge in [0.2, 0.25) is 0 Å². The van der Waals surface area contributed by atoms with Gasteiger partial charge in [-0.3, -0.25) is 9.78 Å². The number of carbonyl (C=O) groups excluding carboxylic acids is 1. The number of carbonyl (C=O) groups is 1. The molecule has 0 aliphatic carbocycles. The fraction of sp³-hybridized carbons (Fsp3) is 0.400. The van der Waals surface area contributed by atoms with Gasteiger partial charge in [-0.2, -0.15) is 0 Å². The summed E-state index contributed by atoms with van der Waals surface area (Å²) < 4.78 is 0. The van der Waals surface area contributed by atoms with Crippen LogP contribution < -0.4 is 10.6 Å². The van der Waals surface area contributed by atoms with Gasteiger partial charge in [-0.25, -0.2) is 4.98 Å². The zero-order valence-corrected chi connectivity index (χ0v) is 13.2. The maximum Gasteiger partial charge on any atom is 0.271 e. The maximum atomic E-state index is 12.1. The van der Waals surface area contributed by atoms with E-state index in [1.807, 2.05) is 0 Å². The zero-order chi connectivity index (χ0) is 15.1. The molecule has 0 aromatic carbocycles. The van der Waals surface area contributed by atoms with E-state index in [9.17, 15) is 4.79 Å². The standard InChI is InChI=1S/C15H20N4OS/c1-3-7-17-14-10-16-9-13(19-14)15(20)18-8-12-6-5-11(4-2)21-12/h5-6,9-10H,3-4,7-8H2,1-2H3,(H,17,19)(H,18,20). The molecule has 0 bridgehead atoms. The normalized spacial score (nSPS) is 10.4. The van der Waals surface area contributed by atoms with Crippen LogP contribution in [0.2, 0.25) is 0 Å². The largest absolute Gasteiger partial charge is 0.369 e. The van der Waals surface area contributed by atoms with Gasteiger partial charge >= 0.3 is 0 Å². The SMILES string of the molecule is CCCNc1cncc(C(=O)NCc2ccc(CC)s2)n1. The number of thiophene rings is 1. The molecule has 0 spiro atoms. The second-order valence-corrected chi connectivity index (χ2v) is 5.87. The van der Waals surface area contributed by atoms with Gasteiger partial charge in [0.25, 0.3) is 5.91 Å². The Balaban J connectivity index is 1.93. The lowest BCUT2D eigenvalue weighted by atomic mass is 10.3. The van der Waals surface area contributed by atoms with Gasteiger partial charge in [0, 0.05) is 16.3 Å².